The number of benzene rings is 2. The van der Waals surface area contributed by atoms with Crippen molar-refractivity contribution in [2.45, 2.75) is 25.9 Å². The number of carbonyl (C=O) groups is 3. The zero-order valence-electron chi connectivity index (χ0n) is 16.1. The monoisotopic (exact) mass is 520 g/mol. The van der Waals surface area contributed by atoms with Gasteiger partial charge in [0.15, 0.2) is 6.61 Å². The molecule has 0 saturated carbocycles. The van der Waals surface area contributed by atoms with Crippen LogP contribution in [-0.2, 0) is 25.3 Å². The second kappa shape index (κ2) is 10.6. The predicted molar refractivity (Wildman–Crippen MR) is 113 cm³/mol. The number of carbonyl (C=O) groups excluding carboxylic acids is 3. The number of alkyl halides is 3. The van der Waals surface area contributed by atoms with Crippen LogP contribution < -0.4 is 10.6 Å². The molecule has 0 aliphatic carbocycles. The number of aryl methyl sites for hydroxylation is 1. The molecule has 0 fully saturated rings. The second-order valence-electron chi connectivity index (χ2n) is 6.41. The molecule has 2 amide bonds. The molecule has 0 saturated heterocycles. The minimum atomic E-state index is -4.59. The van der Waals surface area contributed by atoms with Crippen LogP contribution in [0.5, 0.6) is 0 Å². The number of hydrogen-bond acceptors (Lipinski definition) is 4. The van der Waals surface area contributed by atoms with E-state index in [0.29, 0.717) is 11.8 Å². The van der Waals surface area contributed by atoms with Crippen molar-refractivity contribution in [1.82, 2.24) is 0 Å². The van der Waals surface area contributed by atoms with Crippen LogP contribution in [0.2, 0.25) is 5.02 Å². The normalized spacial score (nSPS) is 11.0. The topological polar surface area (TPSA) is 84.5 Å². The first-order valence-electron chi connectivity index (χ1n) is 8.84. The zero-order valence-corrected chi connectivity index (χ0v) is 18.5. The molecule has 0 bridgehead atoms. The highest BCUT2D eigenvalue weighted by atomic mass is 79.9. The van der Waals surface area contributed by atoms with Crippen LogP contribution in [0, 0.1) is 6.92 Å². The molecule has 2 aromatic carbocycles. The lowest BCUT2D eigenvalue weighted by molar-refractivity contribution is -0.147. The van der Waals surface area contributed by atoms with Gasteiger partial charge in [0, 0.05) is 16.6 Å². The smallest absolute Gasteiger partial charge is 0.416 e. The van der Waals surface area contributed by atoms with Crippen molar-refractivity contribution in [3.8, 4) is 0 Å². The van der Waals surface area contributed by atoms with Crippen LogP contribution in [0.1, 0.15) is 24.0 Å². The fourth-order valence-corrected chi connectivity index (χ4v) is 3.04. The summed E-state index contributed by atoms with van der Waals surface area (Å²) in [5.41, 5.74) is 0.165. The average Bonchev–Trinajstić information content (AvgIpc) is 2.67. The first-order valence-corrected chi connectivity index (χ1v) is 10.0. The Bertz CT molecular complexity index is 999. The molecular weight excluding hydrogens is 505 g/mol. The first-order chi connectivity index (χ1) is 14.5. The molecule has 6 nitrogen and oxygen atoms in total. The van der Waals surface area contributed by atoms with Crippen molar-refractivity contribution >= 4 is 56.7 Å². The Morgan fingerprint density at radius 2 is 1.68 bits per heavy atom. The molecule has 166 valence electrons. The Morgan fingerprint density at radius 3 is 2.32 bits per heavy atom. The SMILES string of the molecule is Cc1cc(Br)ccc1NC(=O)COC(=O)CCC(=O)Nc1cc(C(F)(F)F)ccc1Cl. The van der Waals surface area contributed by atoms with Crippen molar-refractivity contribution in [1.29, 1.82) is 0 Å². The summed E-state index contributed by atoms with van der Waals surface area (Å²) < 4.78 is 44.0. The van der Waals surface area contributed by atoms with Crippen molar-refractivity contribution in [3.63, 3.8) is 0 Å². The molecule has 0 spiro atoms. The Balaban J connectivity index is 1.79. The summed E-state index contributed by atoms with van der Waals surface area (Å²) >= 11 is 9.11. The Labute approximate surface area is 189 Å². The average molecular weight is 522 g/mol. The minimum Gasteiger partial charge on any atom is -0.456 e. The van der Waals surface area contributed by atoms with Gasteiger partial charge in [0.2, 0.25) is 5.91 Å². The van der Waals surface area contributed by atoms with E-state index in [-0.39, 0.29) is 23.6 Å². The Hall–Kier alpha value is -2.59. The van der Waals surface area contributed by atoms with Gasteiger partial charge >= 0.3 is 12.1 Å². The van der Waals surface area contributed by atoms with Crippen molar-refractivity contribution in [3.05, 3.63) is 57.0 Å². The fourth-order valence-electron chi connectivity index (χ4n) is 2.40. The first kappa shape index (κ1) is 24.7. The molecule has 2 N–H and O–H groups in total. The lowest BCUT2D eigenvalue weighted by atomic mass is 10.2. The van der Waals surface area contributed by atoms with E-state index in [4.69, 9.17) is 16.3 Å². The third kappa shape index (κ3) is 7.87. The summed E-state index contributed by atoms with van der Waals surface area (Å²) in [4.78, 5) is 35.6. The van der Waals surface area contributed by atoms with Crippen LogP contribution in [0.3, 0.4) is 0 Å². The van der Waals surface area contributed by atoms with E-state index < -0.39 is 36.1 Å². The van der Waals surface area contributed by atoms with Gasteiger partial charge in [-0.15, -0.1) is 0 Å². The number of nitrogens with one attached hydrogen (secondary N) is 2. The molecule has 0 heterocycles. The van der Waals surface area contributed by atoms with Gasteiger partial charge in [0.1, 0.15) is 0 Å². The lowest BCUT2D eigenvalue weighted by Crippen LogP contribution is -2.22. The molecule has 0 radical (unpaired) electrons. The van der Waals surface area contributed by atoms with Crippen LogP contribution in [-0.4, -0.2) is 24.4 Å². The molecule has 11 heteroatoms. The maximum absolute atomic E-state index is 12.8. The minimum absolute atomic E-state index is 0.0798. The van der Waals surface area contributed by atoms with E-state index in [0.717, 1.165) is 22.2 Å². The quantitative estimate of drug-likeness (QED) is 0.483. The van der Waals surface area contributed by atoms with E-state index in [1.165, 1.54) is 0 Å². The van der Waals surface area contributed by atoms with Gasteiger partial charge in [0.05, 0.1) is 22.7 Å². The molecule has 0 aliphatic heterocycles. The van der Waals surface area contributed by atoms with Crippen LogP contribution in [0.15, 0.2) is 40.9 Å². The molecule has 0 aromatic heterocycles. The summed E-state index contributed by atoms with van der Waals surface area (Å²) in [6.45, 7) is 1.25. The van der Waals surface area contributed by atoms with Gasteiger partial charge in [-0.1, -0.05) is 27.5 Å². The van der Waals surface area contributed by atoms with Crippen molar-refractivity contribution < 1.29 is 32.3 Å². The highest BCUT2D eigenvalue weighted by Crippen LogP contribution is 2.33. The summed E-state index contributed by atoms with van der Waals surface area (Å²) in [5, 5.41) is 4.74. The number of anilines is 2. The van der Waals surface area contributed by atoms with Crippen molar-refractivity contribution in [2.75, 3.05) is 17.2 Å². The van der Waals surface area contributed by atoms with Gasteiger partial charge in [-0.3, -0.25) is 14.4 Å². The summed E-state index contributed by atoms with van der Waals surface area (Å²) in [6.07, 6.45) is -5.32. The number of amides is 2. The van der Waals surface area contributed by atoms with Crippen molar-refractivity contribution in [2.24, 2.45) is 0 Å². The standard InChI is InChI=1S/C20H17BrClF3N2O4/c1-11-8-13(21)3-5-15(11)26-18(29)10-31-19(30)7-6-17(28)27-16-9-12(20(23,24)25)2-4-14(16)22/h2-5,8-9H,6-7,10H2,1H3,(H,26,29)(H,27,28). The van der Waals surface area contributed by atoms with Crippen LogP contribution in [0.25, 0.3) is 0 Å². The van der Waals surface area contributed by atoms with Gasteiger partial charge < -0.3 is 15.4 Å². The van der Waals surface area contributed by atoms with Gasteiger partial charge in [-0.2, -0.15) is 13.2 Å². The number of ether oxygens (including phenoxy) is 1. The van der Waals surface area contributed by atoms with Crippen LogP contribution >= 0.6 is 27.5 Å². The van der Waals surface area contributed by atoms with Gasteiger partial charge in [-0.05, 0) is 48.9 Å². The Kier molecular flexibility index (Phi) is 8.46. The highest BCUT2D eigenvalue weighted by Gasteiger charge is 2.31. The third-order valence-corrected chi connectivity index (χ3v) is 4.77. The predicted octanol–water partition coefficient (Wildman–Crippen LogP) is 5.33. The van der Waals surface area contributed by atoms with E-state index in [9.17, 15) is 27.6 Å². The number of rotatable bonds is 7. The number of esters is 1. The maximum atomic E-state index is 12.8. The summed E-state index contributed by atoms with van der Waals surface area (Å²) in [5.74, 6) is -2.10. The molecule has 2 aromatic rings. The van der Waals surface area contributed by atoms with E-state index in [1.807, 2.05) is 0 Å². The Morgan fingerprint density at radius 1 is 1.00 bits per heavy atom. The summed E-state index contributed by atoms with van der Waals surface area (Å²) in [6, 6.07) is 7.73. The zero-order chi connectivity index (χ0) is 23.2. The van der Waals surface area contributed by atoms with Gasteiger partial charge in [-0.25, -0.2) is 0 Å². The van der Waals surface area contributed by atoms with Gasteiger partial charge in [0.25, 0.3) is 5.91 Å². The number of hydrogen-bond donors (Lipinski definition) is 2. The molecule has 31 heavy (non-hydrogen) atoms. The molecule has 0 atom stereocenters. The van der Waals surface area contributed by atoms with E-state index >= 15 is 0 Å². The maximum Gasteiger partial charge on any atom is 0.416 e. The van der Waals surface area contributed by atoms with E-state index in [2.05, 4.69) is 26.6 Å². The highest BCUT2D eigenvalue weighted by molar-refractivity contribution is 9.10. The lowest BCUT2D eigenvalue weighted by Gasteiger charge is -2.12. The van der Waals surface area contributed by atoms with E-state index in [1.54, 1.807) is 25.1 Å². The number of halogens is 5. The third-order valence-electron chi connectivity index (χ3n) is 3.95. The van der Waals surface area contributed by atoms with Crippen LogP contribution in [0.4, 0.5) is 24.5 Å². The summed E-state index contributed by atoms with van der Waals surface area (Å²) in [7, 11) is 0. The largest absolute Gasteiger partial charge is 0.456 e. The molecule has 0 aliphatic rings. The second-order valence-corrected chi connectivity index (χ2v) is 7.73. The molecular formula is C20H17BrClF3N2O4. The molecule has 2 rings (SSSR count). The molecule has 0 unspecified atom stereocenters. The fraction of sp³-hybridized carbons (Fsp3) is 0.250.